The Bertz CT molecular complexity index is 1200. The maximum absolute atomic E-state index is 12.3. The van der Waals surface area contributed by atoms with Crippen LogP contribution in [-0.2, 0) is 6.54 Å². The highest BCUT2D eigenvalue weighted by Crippen LogP contribution is 2.25. The van der Waals surface area contributed by atoms with Crippen LogP contribution in [0.5, 0.6) is 5.75 Å². The molecule has 0 N–H and O–H groups in total. The van der Waals surface area contributed by atoms with E-state index in [1.165, 1.54) is 24.3 Å². The molecular formula is C21H16F3N5O2. The molecule has 7 nitrogen and oxygen atoms in total. The first kappa shape index (κ1) is 20.3. The zero-order valence-electron chi connectivity index (χ0n) is 16.2. The number of rotatable bonds is 6. The fourth-order valence-electron chi connectivity index (χ4n) is 2.98. The van der Waals surface area contributed by atoms with Crippen molar-refractivity contribution in [2.24, 2.45) is 0 Å². The summed E-state index contributed by atoms with van der Waals surface area (Å²) in [5, 5.41) is 4.58. The molecule has 0 bridgehead atoms. The summed E-state index contributed by atoms with van der Waals surface area (Å²) in [4.78, 5) is 19.1. The number of hydrogen-bond donors (Lipinski definition) is 0. The van der Waals surface area contributed by atoms with Crippen molar-refractivity contribution in [1.82, 2.24) is 24.3 Å². The fraction of sp³-hybridized carbons (Fsp3) is 0.143. The Morgan fingerprint density at radius 3 is 2.48 bits per heavy atom. The van der Waals surface area contributed by atoms with Crippen LogP contribution in [0.2, 0.25) is 0 Å². The van der Waals surface area contributed by atoms with Crippen LogP contribution in [0.25, 0.3) is 17.1 Å². The number of aryl methyl sites for hydroxylation is 1. The molecule has 1 aromatic carbocycles. The van der Waals surface area contributed by atoms with Crippen LogP contribution in [0, 0.1) is 6.92 Å². The van der Waals surface area contributed by atoms with Gasteiger partial charge in [0.15, 0.2) is 6.29 Å². The zero-order valence-corrected chi connectivity index (χ0v) is 16.2. The normalized spacial score (nSPS) is 11.5. The largest absolute Gasteiger partial charge is 0.573 e. The predicted molar refractivity (Wildman–Crippen MR) is 105 cm³/mol. The molecule has 0 unspecified atom stereocenters. The van der Waals surface area contributed by atoms with Gasteiger partial charge in [-0.15, -0.1) is 13.2 Å². The van der Waals surface area contributed by atoms with E-state index in [0.29, 0.717) is 35.6 Å². The van der Waals surface area contributed by atoms with Gasteiger partial charge in [-0.3, -0.25) is 14.5 Å². The van der Waals surface area contributed by atoms with Crippen LogP contribution in [0.15, 0.2) is 61.2 Å². The molecule has 0 aliphatic heterocycles. The van der Waals surface area contributed by atoms with E-state index in [1.54, 1.807) is 34.0 Å². The van der Waals surface area contributed by atoms with Gasteiger partial charge >= 0.3 is 6.36 Å². The third kappa shape index (κ3) is 4.80. The first-order chi connectivity index (χ1) is 14.8. The van der Waals surface area contributed by atoms with Crippen molar-refractivity contribution in [3.05, 3.63) is 78.1 Å². The first-order valence-corrected chi connectivity index (χ1v) is 9.16. The quantitative estimate of drug-likeness (QED) is 0.431. The van der Waals surface area contributed by atoms with Gasteiger partial charge in [-0.2, -0.15) is 5.10 Å². The number of aldehydes is 1. The van der Waals surface area contributed by atoms with E-state index in [-0.39, 0.29) is 5.75 Å². The molecule has 10 heteroatoms. The summed E-state index contributed by atoms with van der Waals surface area (Å²) < 4.78 is 44.3. The van der Waals surface area contributed by atoms with Crippen molar-refractivity contribution in [3.8, 4) is 22.8 Å². The van der Waals surface area contributed by atoms with Crippen molar-refractivity contribution in [1.29, 1.82) is 0 Å². The minimum atomic E-state index is -4.73. The van der Waals surface area contributed by atoms with Crippen LogP contribution in [0.4, 0.5) is 13.2 Å². The fourth-order valence-corrected chi connectivity index (χ4v) is 2.98. The number of halogens is 3. The van der Waals surface area contributed by atoms with Crippen LogP contribution in [-0.4, -0.2) is 37.0 Å². The van der Waals surface area contributed by atoms with Gasteiger partial charge < -0.3 is 9.30 Å². The average Bonchev–Trinajstić information content (AvgIpc) is 3.35. The molecule has 0 aliphatic rings. The Hall–Kier alpha value is -3.95. The minimum absolute atomic E-state index is 0.290. The number of imidazole rings is 1. The molecule has 0 radical (unpaired) electrons. The molecule has 31 heavy (non-hydrogen) atoms. The molecule has 0 saturated carbocycles. The lowest BCUT2D eigenvalue weighted by molar-refractivity contribution is -0.274. The van der Waals surface area contributed by atoms with Crippen LogP contribution in [0.1, 0.15) is 21.7 Å². The van der Waals surface area contributed by atoms with Gasteiger partial charge in [0.2, 0.25) is 0 Å². The van der Waals surface area contributed by atoms with Crippen molar-refractivity contribution >= 4 is 6.29 Å². The van der Waals surface area contributed by atoms with Crippen LogP contribution >= 0.6 is 0 Å². The SMILES string of the molecule is Cc1cc(-c2cn(-c3ccc(OC(F)(F)F)cc3)cn2)nn1Cc1ccc(C=O)nc1. The van der Waals surface area contributed by atoms with Crippen molar-refractivity contribution in [2.45, 2.75) is 19.8 Å². The highest BCUT2D eigenvalue weighted by atomic mass is 19.4. The minimum Gasteiger partial charge on any atom is -0.406 e. The molecule has 3 heterocycles. The zero-order chi connectivity index (χ0) is 22.0. The molecule has 0 aliphatic carbocycles. The third-order valence-corrected chi connectivity index (χ3v) is 4.50. The Labute approximate surface area is 174 Å². The standard InChI is InChI=1S/C21H16F3N5O2/c1-14-8-19(27-29(14)10-15-2-3-16(12-30)25-9-15)20-11-28(13-26-20)17-4-6-18(7-5-17)31-21(22,23)24/h2-9,11-13H,10H2,1H3. The Balaban J connectivity index is 1.51. The summed E-state index contributed by atoms with van der Waals surface area (Å²) in [7, 11) is 0. The molecule has 0 spiro atoms. The molecule has 0 fully saturated rings. The van der Waals surface area contributed by atoms with Crippen LogP contribution < -0.4 is 4.74 Å². The number of nitrogens with zero attached hydrogens (tertiary/aromatic N) is 5. The molecule has 0 atom stereocenters. The number of pyridine rings is 1. The Morgan fingerprint density at radius 1 is 1.06 bits per heavy atom. The first-order valence-electron chi connectivity index (χ1n) is 9.16. The van der Waals surface area contributed by atoms with E-state index in [1.807, 2.05) is 19.1 Å². The van der Waals surface area contributed by atoms with Gasteiger partial charge in [0.25, 0.3) is 0 Å². The highest BCUT2D eigenvalue weighted by Gasteiger charge is 2.31. The maximum Gasteiger partial charge on any atom is 0.573 e. The van der Waals surface area contributed by atoms with E-state index in [0.717, 1.165) is 11.3 Å². The smallest absolute Gasteiger partial charge is 0.406 e. The number of aromatic nitrogens is 5. The summed E-state index contributed by atoms with van der Waals surface area (Å²) in [5.41, 5.74) is 4.08. The maximum atomic E-state index is 12.3. The second kappa shape index (κ2) is 8.05. The van der Waals surface area contributed by atoms with E-state index in [9.17, 15) is 18.0 Å². The van der Waals surface area contributed by atoms with Crippen LogP contribution in [0.3, 0.4) is 0 Å². The van der Waals surface area contributed by atoms with E-state index < -0.39 is 6.36 Å². The molecule has 4 rings (SSSR count). The Morgan fingerprint density at radius 2 is 1.84 bits per heavy atom. The van der Waals surface area contributed by atoms with Crippen molar-refractivity contribution < 1.29 is 22.7 Å². The van der Waals surface area contributed by atoms with Gasteiger partial charge in [0.05, 0.1) is 12.9 Å². The molecule has 0 amide bonds. The van der Waals surface area contributed by atoms with Gasteiger partial charge in [0.1, 0.15) is 22.8 Å². The summed E-state index contributed by atoms with van der Waals surface area (Å²) >= 11 is 0. The average molecular weight is 427 g/mol. The summed E-state index contributed by atoms with van der Waals surface area (Å²) in [6, 6.07) is 10.8. The predicted octanol–water partition coefficient (Wildman–Crippen LogP) is 4.20. The molecular weight excluding hydrogens is 411 g/mol. The molecule has 0 saturated heterocycles. The van der Waals surface area contributed by atoms with Gasteiger partial charge in [-0.05, 0) is 48.9 Å². The number of carbonyl (C=O) groups excluding carboxylic acids is 1. The highest BCUT2D eigenvalue weighted by molar-refractivity contribution is 5.71. The van der Waals surface area contributed by atoms with Crippen molar-refractivity contribution in [2.75, 3.05) is 0 Å². The number of alkyl halides is 3. The summed E-state index contributed by atoms with van der Waals surface area (Å²) in [5.74, 6) is -0.290. The number of benzene rings is 1. The monoisotopic (exact) mass is 427 g/mol. The Kier molecular flexibility index (Phi) is 5.28. The van der Waals surface area contributed by atoms with Gasteiger partial charge in [-0.1, -0.05) is 6.07 Å². The van der Waals surface area contributed by atoms with E-state index >= 15 is 0 Å². The molecule has 3 aromatic heterocycles. The van der Waals surface area contributed by atoms with Gasteiger partial charge in [0, 0.05) is 23.8 Å². The van der Waals surface area contributed by atoms with E-state index in [4.69, 9.17) is 0 Å². The van der Waals surface area contributed by atoms with E-state index in [2.05, 4.69) is 19.8 Å². The number of hydrogen-bond acceptors (Lipinski definition) is 5. The lowest BCUT2D eigenvalue weighted by atomic mass is 10.2. The van der Waals surface area contributed by atoms with Crippen molar-refractivity contribution in [3.63, 3.8) is 0 Å². The lowest BCUT2D eigenvalue weighted by Crippen LogP contribution is -2.17. The lowest BCUT2D eigenvalue weighted by Gasteiger charge is -2.09. The molecule has 4 aromatic rings. The molecule has 158 valence electrons. The second-order valence-corrected chi connectivity index (χ2v) is 6.75. The summed E-state index contributed by atoms with van der Waals surface area (Å²) in [6.45, 7) is 2.40. The number of ether oxygens (including phenoxy) is 1. The van der Waals surface area contributed by atoms with Gasteiger partial charge in [-0.25, -0.2) is 4.98 Å². The summed E-state index contributed by atoms with van der Waals surface area (Å²) in [6.07, 6.45) is 0.893. The third-order valence-electron chi connectivity index (χ3n) is 4.50. The number of carbonyl (C=O) groups is 1. The second-order valence-electron chi connectivity index (χ2n) is 6.75. The topological polar surface area (TPSA) is 74.8 Å².